The van der Waals surface area contributed by atoms with Gasteiger partial charge in [0.1, 0.15) is 5.60 Å². The van der Waals surface area contributed by atoms with Crippen molar-refractivity contribution in [2.24, 2.45) is 0 Å². The fourth-order valence-corrected chi connectivity index (χ4v) is 3.23. The van der Waals surface area contributed by atoms with Crippen LogP contribution in [0.1, 0.15) is 22.3 Å². The molecule has 0 saturated carbocycles. The smallest absolute Gasteiger partial charge is 0.144 e. The third kappa shape index (κ3) is 2.99. The third-order valence-electron chi connectivity index (χ3n) is 4.29. The van der Waals surface area contributed by atoms with Crippen molar-refractivity contribution in [1.82, 2.24) is 0 Å². The molecule has 122 valence electrons. The van der Waals surface area contributed by atoms with Crippen LogP contribution in [-0.2, 0) is 10.3 Å². The number of aliphatic hydroxyl groups excluding tert-OH is 1. The molecule has 0 bridgehead atoms. The van der Waals surface area contributed by atoms with Gasteiger partial charge in [-0.2, -0.15) is 0 Å². The molecule has 1 N–H and O–H groups in total. The zero-order valence-electron chi connectivity index (χ0n) is 13.9. The van der Waals surface area contributed by atoms with E-state index in [1.54, 1.807) is 0 Å². The molecule has 0 saturated heterocycles. The van der Waals surface area contributed by atoms with Crippen molar-refractivity contribution in [3.63, 3.8) is 0 Å². The SMILES string of the molecule is Cc1ccccc1C(OCCO)(c1ccccc1)c1ccccc1. The molecule has 0 fully saturated rings. The second-order valence-electron chi connectivity index (χ2n) is 5.80. The standard InChI is InChI=1S/C22H22O2/c1-18-10-8-9-15-21(18)22(24-17-16-23,19-11-4-2-5-12-19)20-13-6-3-7-14-20/h2-15,23H,16-17H2,1H3. The maximum atomic E-state index is 9.41. The van der Waals surface area contributed by atoms with Gasteiger partial charge in [-0.3, -0.25) is 0 Å². The summed E-state index contributed by atoms with van der Waals surface area (Å²) in [4.78, 5) is 0. The Morgan fingerprint density at radius 2 is 1.25 bits per heavy atom. The number of aryl methyl sites for hydroxylation is 1. The Labute approximate surface area is 143 Å². The lowest BCUT2D eigenvalue weighted by atomic mass is 9.78. The summed E-state index contributed by atoms with van der Waals surface area (Å²) >= 11 is 0. The van der Waals surface area contributed by atoms with Crippen LogP contribution in [0.2, 0.25) is 0 Å². The first-order valence-electron chi connectivity index (χ1n) is 8.21. The van der Waals surface area contributed by atoms with Crippen molar-refractivity contribution in [2.75, 3.05) is 13.2 Å². The van der Waals surface area contributed by atoms with Crippen LogP contribution in [0.25, 0.3) is 0 Å². The quantitative estimate of drug-likeness (QED) is 0.687. The Bertz CT molecular complexity index is 727. The molecule has 0 unspecified atom stereocenters. The number of benzene rings is 3. The van der Waals surface area contributed by atoms with Crippen molar-refractivity contribution in [2.45, 2.75) is 12.5 Å². The fourth-order valence-electron chi connectivity index (χ4n) is 3.23. The van der Waals surface area contributed by atoms with E-state index < -0.39 is 5.60 Å². The lowest BCUT2D eigenvalue weighted by molar-refractivity contribution is -0.00680. The first kappa shape index (κ1) is 16.4. The minimum absolute atomic E-state index is 0.0205. The number of hydrogen-bond acceptors (Lipinski definition) is 2. The van der Waals surface area contributed by atoms with Gasteiger partial charge in [0.05, 0.1) is 13.2 Å². The van der Waals surface area contributed by atoms with E-state index in [4.69, 9.17) is 4.74 Å². The number of aliphatic hydroxyl groups is 1. The van der Waals surface area contributed by atoms with E-state index in [9.17, 15) is 5.11 Å². The monoisotopic (exact) mass is 318 g/mol. The van der Waals surface area contributed by atoms with E-state index >= 15 is 0 Å². The second-order valence-corrected chi connectivity index (χ2v) is 5.80. The normalized spacial score (nSPS) is 11.4. The fraction of sp³-hybridized carbons (Fsp3) is 0.182. The van der Waals surface area contributed by atoms with Gasteiger partial charge >= 0.3 is 0 Å². The van der Waals surface area contributed by atoms with Gasteiger partial charge in [-0.25, -0.2) is 0 Å². The lowest BCUT2D eigenvalue weighted by Gasteiger charge is -2.36. The number of hydrogen-bond donors (Lipinski definition) is 1. The van der Waals surface area contributed by atoms with Crippen molar-refractivity contribution in [3.05, 3.63) is 107 Å². The van der Waals surface area contributed by atoms with Crippen LogP contribution in [0.5, 0.6) is 0 Å². The molecule has 3 rings (SSSR count). The molecular formula is C22H22O2. The minimum Gasteiger partial charge on any atom is -0.394 e. The predicted molar refractivity (Wildman–Crippen MR) is 97.0 cm³/mol. The summed E-state index contributed by atoms with van der Waals surface area (Å²) in [6, 6.07) is 28.7. The molecule has 2 heteroatoms. The summed E-state index contributed by atoms with van der Waals surface area (Å²) in [7, 11) is 0. The largest absolute Gasteiger partial charge is 0.394 e. The van der Waals surface area contributed by atoms with Crippen molar-refractivity contribution in [3.8, 4) is 0 Å². The van der Waals surface area contributed by atoms with Crippen LogP contribution in [0.15, 0.2) is 84.9 Å². The van der Waals surface area contributed by atoms with Gasteiger partial charge < -0.3 is 9.84 Å². The van der Waals surface area contributed by atoms with Crippen LogP contribution in [0, 0.1) is 6.92 Å². The highest BCUT2D eigenvalue weighted by Crippen LogP contribution is 2.41. The average Bonchev–Trinajstić information content (AvgIpc) is 2.65. The van der Waals surface area contributed by atoms with Gasteiger partial charge in [0, 0.05) is 0 Å². The summed E-state index contributed by atoms with van der Waals surface area (Å²) in [5.41, 5.74) is 3.62. The van der Waals surface area contributed by atoms with Gasteiger partial charge in [0.2, 0.25) is 0 Å². The maximum absolute atomic E-state index is 9.41. The van der Waals surface area contributed by atoms with Crippen LogP contribution in [0.3, 0.4) is 0 Å². The molecule has 0 heterocycles. The van der Waals surface area contributed by atoms with Gasteiger partial charge in [-0.15, -0.1) is 0 Å². The van der Waals surface area contributed by atoms with Crippen molar-refractivity contribution < 1.29 is 9.84 Å². The number of rotatable bonds is 6. The molecule has 0 aliphatic carbocycles. The Morgan fingerprint density at radius 1 is 0.750 bits per heavy atom. The Kier molecular flexibility index (Phi) is 5.09. The average molecular weight is 318 g/mol. The van der Waals surface area contributed by atoms with Crippen LogP contribution in [-0.4, -0.2) is 18.3 Å². The van der Waals surface area contributed by atoms with Gasteiger partial charge in [-0.05, 0) is 29.2 Å². The predicted octanol–water partition coefficient (Wildman–Crippen LogP) is 4.30. The van der Waals surface area contributed by atoms with Gasteiger partial charge in [-0.1, -0.05) is 84.9 Å². The van der Waals surface area contributed by atoms with Gasteiger partial charge in [0.15, 0.2) is 0 Å². The van der Waals surface area contributed by atoms with Crippen LogP contribution >= 0.6 is 0 Å². The summed E-state index contributed by atoms with van der Waals surface area (Å²) in [5, 5.41) is 9.41. The first-order valence-corrected chi connectivity index (χ1v) is 8.21. The van der Waals surface area contributed by atoms with Crippen molar-refractivity contribution in [1.29, 1.82) is 0 Å². The van der Waals surface area contributed by atoms with E-state index in [0.29, 0.717) is 0 Å². The van der Waals surface area contributed by atoms with E-state index in [-0.39, 0.29) is 13.2 Å². The summed E-state index contributed by atoms with van der Waals surface area (Å²) in [6.07, 6.45) is 0. The Morgan fingerprint density at radius 3 is 1.75 bits per heavy atom. The summed E-state index contributed by atoms with van der Waals surface area (Å²) in [5.74, 6) is 0. The highest BCUT2D eigenvalue weighted by atomic mass is 16.5. The minimum atomic E-state index is -0.739. The molecule has 0 amide bonds. The Hall–Kier alpha value is -2.42. The molecule has 0 radical (unpaired) electrons. The van der Waals surface area contributed by atoms with E-state index in [1.165, 1.54) is 0 Å². The highest BCUT2D eigenvalue weighted by Gasteiger charge is 2.38. The zero-order chi connectivity index (χ0) is 16.8. The first-order chi connectivity index (χ1) is 11.8. The summed E-state index contributed by atoms with van der Waals surface area (Å²) in [6.45, 7) is 2.34. The molecule has 3 aromatic carbocycles. The molecule has 3 aromatic rings. The molecule has 24 heavy (non-hydrogen) atoms. The van der Waals surface area contributed by atoms with E-state index in [2.05, 4.69) is 43.3 Å². The van der Waals surface area contributed by atoms with Crippen molar-refractivity contribution >= 4 is 0 Å². The van der Waals surface area contributed by atoms with Crippen LogP contribution < -0.4 is 0 Å². The number of ether oxygens (including phenoxy) is 1. The molecule has 0 atom stereocenters. The summed E-state index contributed by atoms with van der Waals surface area (Å²) < 4.78 is 6.37. The van der Waals surface area contributed by atoms with Gasteiger partial charge in [0.25, 0.3) is 0 Å². The molecule has 0 aliphatic rings. The molecule has 0 spiro atoms. The van der Waals surface area contributed by atoms with E-state index in [1.807, 2.05) is 48.5 Å². The third-order valence-corrected chi connectivity index (χ3v) is 4.29. The maximum Gasteiger partial charge on any atom is 0.144 e. The van der Waals surface area contributed by atoms with E-state index in [0.717, 1.165) is 22.3 Å². The second kappa shape index (κ2) is 7.43. The zero-order valence-corrected chi connectivity index (χ0v) is 13.9. The molecular weight excluding hydrogens is 296 g/mol. The topological polar surface area (TPSA) is 29.5 Å². The van der Waals surface area contributed by atoms with Crippen LogP contribution in [0.4, 0.5) is 0 Å². The highest BCUT2D eigenvalue weighted by molar-refractivity contribution is 5.50. The Balaban J connectivity index is 2.31. The molecule has 0 aromatic heterocycles. The molecule has 2 nitrogen and oxygen atoms in total. The molecule has 0 aliphatic heterocycles. The lowest BCUT2D eigenvalue weighted by Crippen LogP contribution is -2.34.